The molecule has 0 aliphatic rings. The van der Waals surface area contributed by atoms with E-state index in [-0.39, 0.29) is 11.4 Å². The average molecular weight is 582 g/mol. The lowest BCUT2D eigenvalue weighted by Crippen LogP contribution is -2.50. The van der Waals surface area contributed by atoms with E-state index in [1.807, 2.05) is 19.1 Å². The summed E-state index contributed by atoms with van der Waals surface area (Å²) in [5.41, 5.74) is -0.0169. The fourth-order valence-corrected chi connectivity index (χ4v) is 5.47. The molecule has 0 saturated carbocycles. The predicted octanol–water partition coefficient (Wildman–Crippen LogP) is 5.03. The van der Waals surface area contributed by atoms with E-state index in [0.29, 0.717) is 15.9 Å². The summed E-state index contributed by atoms with van der Waals surface area (Å²) >= 11 is 5.76. The van der Waals surface area contributed by atoms with E-state index in [0.717, 1.165) is 17.7 Å². The van der Waals surface area contributed by atoms with E-state index >= 15 is 0 Å². The zero-order chi connectivity index (χ0) is 29.0. The van der Waals surface area contributed by atoms with Gasteiger partial charge < -0.3 is 10.2 Å². The molecule has 3 aromatic rings. The van der Waals surface area contributed by atoms with Crippen LogP contribution in [0.15, 0.2) is 77.7 Å². The molecule has 0 aliphatic carbocycles. The standard InChI is InChI=1S/C27H27ClF3N3O4S/c1-18-9-11-20(12-10-18)16-33(19(2)26(36)32-3)25(35)17-34(39(37,38)22-7-5-4-6-8-22)21-13-14-24(28)23(15-21)27(29,30)31/h4-15,19H,16-17H2,1-3H3,(H,32,36)/t19-/m1/s1. The van der Waals surface area contributed by atoms with Gasteiger partial charge in [0, 0.05) is 13.6 Å². The van der Waals surface area contributed by atoms with Crippen molar-refractivity contribution in [3.63, 3.8) is 0 Å². The third-order valence-corrected chi connectivity index (χ3v) is 8.16. The highest BCUT2D eigenvalue weighted by Gasteiger charge is 2.36. The number of aryl methyl sites for hydroxylation is 1. The van der Waals surface area contributed by atoms with Crippen molar-refractivity contribution in [3.05, 3.63) is 94.5 Å². The molecule has 7 nitrogen and oxygen atoms in total. The molecule has 0 aromatic heterocycles. The van der Waals surface area contributed by atoms with Crippen LogP contribution < -0.4 is 9.62 Å². The number of carbonyl (C=O) groups is 2. The number of amides is 2. The molecule has 12 heteroatoms. The molecule has 0 bridgehead atoms. The Kier molecular flexibility index (Phi) is 9.29. The van der Waals surface area contributed by atoms with Crippen LogP contribution in [0.5, 0.6) is 0 Å². The number of rotatable bonds is 9. The van der Waals surface area contributed by atoms with Crippen LogP contribution in [-0.2, 0) is 32.3 Å². The van der Waals surface area contributed by atoms with Crippen LogP contribution in [0.1, 0.15) is 23.6 Å². The van der Waals surface area contributed by atoms with Crippen LogP contribution in [0, 0.1) is 6.92 Å². The Balaban J connectivity index is 2.10. The molecule has 2 amide bonds. The number of sulfonamides is 1. The summed E-state index contributed by atoms with van der Waals surface area (Å²) in [4.78, 5) is 27.1. The van der Waals surface area contributed by atoms with Gasteiger partial charge in [0.25, 0.3) is 10.0 Å². The molecule has 0 fully saturated rings. The van der Waals surface area contributed by atoms with Crippen LogP contribution in [0.4, 0.5) is 18.9 Å². The van der Waals surface area contributed by atoms with Gasteiger partial charge >= 0.3 is 6.18 Å². The number of nitrogens with zero attached hydrogens (tertiary/aromatic N) is 2. The molecule has 0 radical (unpaired) electrons. The van der Waals surface area contributed by atoms with Crippen molar-refractivity contribution in [3.8, 4) is 0 Å². The topological polar surface area (TPSA) is 86.8 Å². The summed E-state index contributed by atoms with van der Waals surface area (Å²) in [6.07, 6.45) is -4.87. The van der Waals surface area contributed by atoms with Crippen LogP contribution in [-0.4, -0.2) is 44.8 Å². The van der Waals surface area contributed by atoms with Gasteiger partial charge in [-0.3, -0.25) is 13.9 Å². The molecule has 1 atom stereocenters. The Morgan fingerprint density at radius 1 is 1.00 bits per heavy atom. The fraction of sp³-hybridized carbons (Fsp3) is 0.259. The summed E-state index contributed by atoms with van der Waals surface area (Å²) in [6.45, 7) is 2.45. The van der Waals surface area contributed by atoms with Crippen molar-refractivity contribution in [2.24, 2.45) is 0 Å². The lowest BCUT2D eigenvalue weighted by molar-refractivity contribution is -0.139. The Hall–Kier alpha value is -3.57. The first-order valence-electron chi connectivity index (χ1n) is 11.8. The smallest absolute Gasteiger partial charge is 0.357 e. The van der Waals surface area contributed by atoms with Crippen LogP contribution in [0.25, 0.3) is 0 Å². The SMILES string of the molecule is CNC(=O)[C@@H](C)N(Cc1ccc(C)cc1)C(=O)CN(c1ccc(Cl)c(C(F)(F)F)c1)S(=O)(=O)c1ccccc1. The summed E-state index contributed by atoms with van der Waals surface area (Å²) in [5, 5.41) is 1.84. The summed E-state index contributed by atoms with van der Waals surface area (Å²) in [5.74, 6) is -1.30. The summed E-state index contributed by atoms with van der Waals surface area (Å²) < 4.78 is 68.8. The first-order chi connectivity index (χ1) is 18.3. The fourth-order valence-electron chi connectivity index (χ4n) is 3.82. The van der Waals surface area contributed by atoms with Gasteiger partial charge in [-0.05, 0) is 49.7 Å². The number of hydrogen-bond acceptors (Lipinski definition) is 4. The molecule has 0 unspecified atom stereocenters. The summed E-state index contributed by atoms with van der Waals surface area (Å²) in [7, 11) is -3.12. The highest BCUT2D eigenvalue weighted by molar-refractivity contribution is 7.92. The monoisotopic (exact) mass is 581 g/mol. The van der Waals surface area contributed by atoms with E-state index in [2.05, 4.69) is 5.32 Å². The van der Waals surface area contributed by atoms with Gasteiger partial charge in [0.2, 0.25) is 11.8 Å². The third kappa shape index (κ3) is 7.10. The lowest BCUT2D eigenvalue weighted by Gasteiger charge is -2.32. The second-order valence-electron chi connectivity index (χ2n) is 8.78. The molecule has 0 saturated heterocycles. The van der Waals surface area contributed by atoms with E-state index in [9.17, 15) is 31.2 Å². The van der Waals surface area contributed by atoms with E-state index < -0.39 is 56.9 Å². The minimum absolute atomic E-state index is 0.0403. The normalized spacial score (nSPS) is 12.5. The minimum atomic E-state index is -4.87. The van der Waals surface area contributed by atoms with E-state index in [1.165, 1.54) is 43.1 Å². The van der Waals surface area contributed by atoms with Crippen LogP contribution in [0.3, 0.4) is 0 Å². The number of benzene rings is 3. The molecule has 1 N–H and O–H groups in total. The second-order valence-corrected chi connectivity index (χ2v) is 11.1. The van der Waals surface area contributed by atoms with Gasteiger partial charge in [-0.15, -0.1) is 0 Å². The van der Waals surface area contributed by atoms with Crippen molar-refractivity contribution < 1.29 is 31.2 Å². The molecule has 0 heterocycles. The number of nitrogens with one attached hydrogen (secondary N) is 1. The molecular weight excluding hydrogens is 555 g/mol. The number of alkyl halides is 3. The zero-order valence-corrected chi connectivity index (χ0v) is 22.9. The number of anilines is 1. The maximum absolute atomic E-state index is 13.7. The second kappa shape index (κ2) is 12.1. The minimum Gasteiger partial charge on any atom is -0.357 e. The van der Waals surface area contributed by atoms with E-state index in [4.69, 9.17) is 11.6 Å². The van der Waals surface area contributed by atoms with Gasteiger partial charge in [0.15, 0.2) is 0 Å². The average Bonchev–Trinajstić information content (AvgIpc) is 2.90. The van der Waals surface area contributed by atoms with Crippen molar-refractivity contribution in [1.82, 2.24) is 10.2 Å². The maximum Gasteiger partial charge on any atom is 0.417 e. The molecule has 3 aromatic carbocycles. The molecule has 39 heavy (non-hydrogen) atoms. The van der Waals surface area contributed by atoms with Gasteiger partial charge in [-0.25, -0.2) is 8.42 Å². The van der Waals surface area contributed by atoms with Gasteiger partial charge in [-0.1, -0.05) is 59.6 Å². The first kappa shape index (κ1) is 30.0. The van der Waals surface area contributed by atoms with E-state index in [1.54, 1.807) is 18.2 Å². The largest absolute Gasteiger partial charge is 0.417 e. The molecule has 0 aliphatic heterocycles. The Morgan fingerprint density at radius 3 is 2.18 bits per heavy atom. The van der Waals surface area contributed by atoms with Crippen molar-refractivity contribution >= 4 is 39.1 Å². The van der Waals surface area contributed by atoms with Gasteiger partial charge in [0.1, 0.15) is 12.6 Å². The zero-order valence-electron chi connectivity index (χ0n) is 21.4. The molecule has 3 rings (SSSR count). The molecule has 208 valence electrons. The van der Waals surface area contributed by atoms with Gasteiger partial charge in [-0.2, -0.15) is 13.2 Å². The van der Waals surface area contributed by atoms with Crippen LogP contribution in [0.2, 0.25) is 5.02 Å². The first-order valence-corrected chi connectivity index (χ1v) is 13.6. The molecular formula is C27H27ClF3N3O4S. The Labute approximate surface area is 230 Å². The number of likely N-dealkylation sites (N-methyl/N-ethyl adjacent to an activating group) is 1. The number of carbonyl (C=O) groups excluding carboxylic acids is 2. The molecule has 0 spiro atoms. The van der Waals surface area contributed by atoms with Crippen molar-refractivity contribution in [2.75, 3.05) is 17.9 Å². The predicted molar refractivity (Wildman–Crippen MR) is 143 cm³/mol. The number of halogens is 4. The Bertz CT molecular complexity index is 1430. The van der Waals surface area contributed by atoms with Crippen molar-refractivity contribution in [2.45, 2.75) is 37.5 Å². The lowest BCUT2D eigenvalue weighted by atomic mass is 10.1. The van der Waals surface area contributed by atoms with Crippen molar-refractivity contribution in [1.29, 1.82) is 0 Å². The number of hydrogen-bond donors (Lipinski definition) is 1. The highest BCUT2D eigenvalue weighted by atomic mass is 35.5. The van der Waals surface area contributed by atoms with Gasteiger partial charge in [0.05, 0.1) is 21.2 Å². The third-order valence-electron chi connectivity index (χ3n) is 6.04. The highest BCUT2D eigenvalue weighted by Crippen LogP contribution is 2.38. The quantitative estimate of drug-likeness (QED) is 0.384. The Morgan fingerprint density at radius 2 is 1.62 bits per heavy atom. The maximum atomic E-state index is 13.7. The summed E-state index contributed by atoms with van der Waals surface area (Å²) in [6, 6.07) is 15.8. The van der Waals surface area contributed by atoms with Crippen LogP contribution >= 0.6 is 11.6 Å².